The summed E-state index contributed by atoms with van der Waals surface area (Å²) >= 11 is 0. The first kappa shape index (κ1) is 24.2. The fourth-order valence-corrected chi connectivity index (χ4v) is 3.43. The van der Waals surface area contributed by atoms with E-state index in [1.807, 2.05) is 19.9 Å². The summed E-state index contributed by atoms with van der Waals surface area (Å²) in [4.78, 5) is 37.9. The highest BCUT2D eigenvalue weighted by molar-refractivity contribution is 6.07. The second-order valence-corrected chi connectivity index (χ2v) is 7.07. The Balaban J connectivity index is 1.97. The number of aromatic carboxylic acids is 2. The minimum Gasteiger partial charge on any atom is -0.490 e. The minimum atomic E-state index is -1.58. The van der Waals surface area contributed by atoms with Crippen LogP contribution in [0.1, 0.15) is 40.1 Å². The van der Waals surface area contributed by atoms with Crippen molar-refractivity contribution in [2.75, 3.05) is 18.9 Å². The second-order valence-electron chi connectivity index (χ2n) is 7.07. The lowest BCUT2D eigenvalue weighted by atomic mass is 9.95. The molecule has 3 aromatic rings. The topological polar surface area (TPSA) is 161 Å². The van der Waals surface area contributed by atoms with Crippen molar-refractivity contribution in [2.24, 2.45) is 0 Å². The zero-order valence-corrected chi connectivity index (χ0v) is 18.6. The van der Waals surface area contributed by atoms with E-state index in [0.717, 1.165) is 5.56 Å². The summed E-state index contributed by atoms with van der Waals surface area (Å²) in [6, 6.07) is 11.5. The number of hydrogen-bond donors (Lipinski definition) is 4. The van der Waals surface area contributed by atoms with E-state index in [0.29, 0.717) is 30.5 Å². The number of rotatable bonds is 10. The molecule has 1 heterocycles. The van der Waals surface area contributed by atoms with Crippen molar-refractivity contribution in [1.82, 2.24) is 4.98 Å². The van der Waals surface area contributed by atoms with E-state index < -0.39 is 34.4 Å². The molecule has 5 N–H and O–H groups in total. The monoisotopic (exact) mass is 468 g/mol. The van der Waals surface area contributed by atoms with Crippen LogP contribution in [0.5, 0.6) is 17.2 Å². The van der Waals surface area contributed by atoms with E-state index in [-0.39, 0.29) is 17.7 Å². The van der Waals surface area contributed by atoms with Gasteiger partial charge in [-0.3, -0.25) is 4.79 Å². The molecule has 10 heteroatoms. The quantitative estimate of drug-likeness (QED) is 0.349. The Labute approximate surface area is 194 Å². The van der Waals surface area contributed by atoms with Gasteiger partial charge in [0, 0.05) is 5.56 Å². The summed E-state index contributed by atoms with van der Waals surface area (Å²) in [5, 5.41) is 19.2. The average Bonchev–Trinajstić information content (AvgIpc) is 2.78. The summed E-state index contributed by atoms with van der Waals surface area (Å²) < 4.78 is 17.0. The van der Waals surface area contributed by atoms with E-state index in [9.17, 15) is 24.6 Å². The van der Waals surface area contributed by atoms with Gasteiger partial charge in [-0.05, 0) is 49.2 Å². The molecule has 0 amide bonds. The largest absolute Gasteiger partial charge is 0.490 e. The molecule has 0 fully saturated rings. The number of carboxylic acid groups (broad SMARTS) is 2. The molecule has 0 radical (unpaired) electrons. The van der Waals surface area contributed by atoms with Crippen LogP contribution in [0.15, 0.2) is 47.3 Å². The Hall–Kier alpha value is -4.47. The first-order chi connectivity index (χ1) is 16.3. The van der Waals surface area contributed by atoms with Gasteiger partial charge in [-0.2, -0.15) is 0 Å². The van der Waals surface area contributed by atoms with Gasteiger partial charge in [0.15, 0.2) is 11.5 Å². The summed E-state index contributed by atoms with van der Waals surface area (Å²) in [7, 11) is 0. The molecule has 1 aromatic heterocycles. The number of aromatic amines is 1. The number of nitrogens with two attached hydrogens (primary N) is 1. The number of nitrogen functional groups attached to an aromatic ring is 1. The highest BCUT2D eigenvalue weighted by Gasteiger charge is 2.26. The Morgan fingerprint density at radius 2 is 1.59 bits per heavy atom. The first-order valence-corrected chi connectivity index (χ1v) is 10.4. The number of benzene rings is 2. The van der Waals surface area contributed by atoms with E-state index in [1.165, 1.54) is 12.1 Å². The number of pyridine rings is 1. The number of aromatic nitrogens is 1. The third-order valence-electron chi connectivity index (χ3n) is 4.81. The van der Waals surface area contributed by atoms with Crippen molar-refractivity contribution in [3.05, 3.63) is 69.5 Å². The highest BCUT2D eigenvalue weighted by Crippen LogP contribution is 2.32. The molecule has 178 valence electrons. The van der Waals surface area contributed by atoms with Crippen molar-refractivity contribution in [2.45, 2.75) is 20.5 Å². The lowest BCUT2D eigenvalue weighted by Gasteiger charge is -2.14. The van der Waals surface area contributed by atoms with Crippen LogP contribution in [-0.4, -0.2) is 40.3 Å². The molecule has 2 aromatic carbocycles. The van der Waals surface area contributed by atoms with Gasteiger partial charge in [-0.1, -0.05) is 18.2 Å². The Bertz CT molecular complexity index is 1280. The van der Waals surface area contributed by atoms with Gasteiger partial charge in [0.2, 0.25) is 0 Å². The molecular formula is C24H24N2O8. The van der Waals surface area contributed by atoms with Crippen molar-refractivity contribution in [1.29, 1.82) is 0 Å². The zero-order valence-electron chi connectivity index (χ0n) is 18.6. The highest BCUT2D eigenvalue weighted by atomic mass is 16.5. The third kappa shape index (κ3) is 5.12. The minimum absolute atomic E-state index is 0.144. The molecule has 0 unspecified atom stereocenters. The number of nitrogens with one attached hydrogen (secondary N) is 1. The van der Waals surface area contributed by atoms with Gasteiger partial charge < -0.3 is 35.1 Å². The number of anilines is 1. The third-order valence-corrected chi connectivity index (χ3v) is 4.81. The Morgan fingerprint density at radius 1 is 0.912 bits per heavy atom. The van der Waals surface area contributed by atoms with Gasteiger partial charge in [0.25, 0.3) is 5.56 Å². The summed E-state index contributed by atoms with van der Waals surface area (Å²) in [6.07, 6.45) is 0. The summed E-state index contributed by atoms with van der Waals surface area (Å²) in [5.41, 5.74) is 4.10. The molecule has 0 atom stereocenters. The van der Waals surface area contributed by atoms with E-state index >= 15 is 0 Å². The van der Waals surface area contributed by atoms with Gasteiger partial charge in [-0.25, -0.2) is 9.59 Å². The predicted molar refractivity (Wildman–Crippen MR) is 124 cm³/mol. The number of hydrogen-bond acceptors (Lipinski definition) is 7. The molecule has 0 aliphatic carbocycles. The molecular weight excluding hydrogens is 444 g/mol. The van der Waals surface area contributed by atoms with Crippen molar-refractivity contribution in [3.63, 3.8) is 0 Å². The smallest absolute Gasteiger partial charge is 0.342 e. The number of carboxylic acids is 2. The van der Waals surface area contributed by atoms with E-state index in [1.54, 1.807) is 24.3 Å². The maximum atomic E-state index is 12.2. The van der Waals surface area contributed by atoms with E-state index in [4.69, 9.17) is 19.9 Å². The Kier molecular flexibility index (Phi) is 7.42. The van der Waals surface area contributed by atoms with Crippen LogP contribution in [0, 0.1) is 0 Å². The van der Waals surface area contributed by atoms with Crippen LogP contribution >= 0.6 is 0 Å². The van der Waals surface area contributed by atoms with Crippen LogP contribution in [-0.2, 0) is 6.61 Å². The van der Waals surface area contributed by atoms with Crippen molar-refractivity contribution >= 4 is 17.8 Å². The second kappa shape index (κ2) is 10.4. The van der Waals surface area contributed by atoms with Crippen LogP contribution < -0.4 is 25.5 Å². The molecule has 0 saturated carbocycles. The number of H-pyrrole nitrogens is 1. The summed E-state index contributed by atoms with van der Waals surface area (Å²) in [5.74, 6) is -1.98. The molecule has 0 spiro atoms. The van der Waals surface area contributed by atoms with Crippen LogP contribution in [0.3, 0.4) is 0 Å². The van der Waals surface area contributed by atoms with Gasteiger partial charge in [-0.15, -0.1) is 0 Å². The molecule has 0 saturated heterocycles. The van der Waals surface area contributed by atoms with Gasteiger partial charge in [0.05, 0.1) is 13.2 Å². The molecule has 0 aliphatic rings. The molecule has 3 rings (SSSR count). The standard InChI is InChI=1S/C24H24N2O8/c1-3-32-16-9-8-13(10-17(16)33-4-2)12-34-15-7-5-6-14(11-15)18-19(23(28)29)21(25)26-22(27)20(18)24(30)31/h5-11H,3-4,12H2,1-2H3,(H,28,29)(H,30,31)(H3,25,26,27). The van der Waals surface area contributed by atoms with Gasteiger partial charge in [0.1, 0.15) is 29.3 Å². The fourth-order valence-electron chi connectivity index (χ4n) is 3.43. The number of carbonyl (C=O) groups is 2. The summed E-state index contributed by atoms with van der Waals surface area (Å²) in [6.45, 7) is 4.84. The normalized spacial score (nSPS) is 10.5. The van der Waals surface area contributed by atoms with E-state index in [2.05, 4.69) is 4.98 Å². The average molecular weight is 468 g/mol. The van der Waals surface area contributed by atoms with Gasteiger partial charge >= 0.3 is 11.9 Å². The lowest BCUT2D eigenvalue weighted by Crippen LogP contribution is -2.24. The molecule has 10 nitrogen and oxygen atoms in total. The predicted octanol–water partition coefficient (Wildman–Crippen LogP) is 3.40. The first-order valence-electron chi connectivity index (χ1n) is 10.4. The van der Waals surface area contributed by atoms with Crippen LogP contribution in [0.2, 0.25) is 0 Å². The molecule has 0 aliphatic heterocycles. The maximum absolute atomic E-state index is 12.2. The van der Waals surface area contributed by atoms with Crippen molar-refractivity contribution in [3.8, 4) is 28.4 Å². The SMILES string of the molecule is CCOc1ccc(COc2cccc(-c3c(C(=O)O)c(N)[nH]c(=O)c3C(=O)O)c2)cc1OCC. The zero-order chi connectivity index (χ0) is 24.8. The molecule has 34 heavy (non-hydrogen) atoms. The maximum Gasteiger partial charge on any atom is 0.342 e. The number of ether oxygens (including phenoxy) is 3. The Morgan fingerprint density at radius 3 is 2.24 bits per heavy atom. The fraction of sp³-hybridized carbons (Fsp3) is 0.208. The lowest BCUT2D eigenvalue weighted by molar-refractivity contribution is 0.0695. The van der Waals surface area contributed by atoms with Crippen LogP contribution in [0.25, 0.3) is 11.1 Å². The molecule has 0 bridgehead atoms. The van der Waals surface area contributed by atoms with Crippen LogP contribution in [0.4, 0.5) is 5.82 Å². The van der Waals surface area contributed by atoms with Crippen molar-refractivity contribution < 1.29 is 34.0 Å².